The fraction of sp³-hybridized carbons (Fsp3) is 0.533. The first-order valence-electron chi connectivity index (χ1n) is 14.4. The van der Waals surface area contributed by atoms with Gasteiger partial charge in [0.05, 0.1) is 4.90 Å². The van der Waals surface area contributed by atoms with Gasteiger partial charge in [-0.05, 0) is 89.4 Å². The molecule has 2 aromatic carbocycles. The number of unbranched alkanes of at least 4 members (excludes halogenated alkanes) is 1. The number of ether oxygens (including phenoxy) is 2. The predicted octanol–water partition coefficient (Wildman–Crippen LogP) is 4.98. The predicted molar refractivity (Wildman–Crippen MR) is 169 cm³/mol. The van der Waals surface area contributed by atoms with E-state index in [9.17, 15) is 22.8 Å². The first-order chi connectivity index (χ1) is 20.4. The van der Waals surface area contributed by atoms with Crippen LogP contribution in [0.1, 0.15) is 60.8 Å². The summed E-state index contributed by atoms with van der Waals surface area (Å²) in [5.41, 5.74) is 4.38. The van der Waals surface area contributed by atoms with Crippen LogP contribution in [0.4, 0.5) is 9.59 Å². The van der Waals surface area contributed by atoms with Crippen molar-refractivity contribution < 1.29 is 32.3 Å². The summed E-state index contributed by atoms with van der Waals surface area (Å²) in [4.78, 5) is 44.4. The second kappa shape index (κ2) is 14.1. The summed E-state index contributed by atoms with van der Waals surface area (Å²) in [6.07, 6.45) is -0.744. The van der Waals surface area contributed by atoms with E-state index < -0.39 is 33.4 Å². The molecule has 3 amide bonds. The van der Waals surface area contributed by atoms with E-state index in [1.54, 1.807) is 82.8 Å². The SMILES string of the molecule is CC(C)(C)OC(=O)N=C(N)N(CCCCC(=O)N1CCN(S(=O)(=O)c2ccc3cc(Cl)ccc3c2)CC1)C(=O)OC(C)(C)C. The topological polar surface area (TPSA) is 152 Å². The normalized spacial score (nSPS) is 15.2. The van der Waals surface area contributed by atoms with Crippen molar-refractivity contribution in [2.24, 2.45) is 10.7 Å². The summed E-state index contributed by atoms with van der Waals surface area (Å²) in [5.74, 6) is -0.490. The molecule has 0 aliphatic carbocycles. The maximum absolute atomic E-state index is 13.3. The van der Waals surface area contributed by atoms with Crippen molar-refractivity contribution in [1.29, 1.82) is 0 Å². The van der Waals surface area contributed by atoms with Crippen LogP contribution in [-0.4, -0.2) is 90.5 Å². The highest BCUT2D eigenvalue weighted by Crippen LogP contribution is 2.25. The monoisotopic (exact) mass is 651 g/mol. The van der Waals surface area contributed by atoms with Gasteiger partial charge in [-0.2, -0.15) is 4.31 Å². The number of guanidine groups is 1. The zero-order valence-corrected chi connectivity index (χ0v) is 27.7. The molecule has 0 spiro atoms. The minimum atomic E-state index is -3.73. The molecule has 0 saturated carbocycles. The van der Waals surface area contributed by atoms with E-state index in [1.807, 2.05) is 0 Å². The van der Waals surface area contributed by atoms with E-state index in [0.29, 0.717) is 17.9 Å². The number of carbonyl (C=O) groups excluding carboxylic acids is 3. The second-order valence-electron chi connectivity index (χ2n) is 12.5. The summed E-state index contributed by atoms with van der Waals surface area (Å²) in [5, 5.41) is 2.19. The maximum atomic E-state index is 13.3. The highest BCUT2D eigenvalue weighted by Gasteiger charge is 2.31. The molecule has 2 N–H and O–H groups in total. The van der Waals surface area contributed by atoms with Gasteiger partial charge in [-0.3, -0.25) is 4.79 Å². The number of nitrogens with two attached hydrogens (primary N) is 1. The molecule has 14 heteroatoms. The summed E-state index contributed by atoms with van der Waals surface area (Å²) in [6, 6.07) is 10.2. The van der Waals surface area contributed by atoms with Gasteiger partial charge >= 0.3 is 12.2 Å². The van der Waals surface area contributed by atoms with Crippen molar-refractivity contribution in [2.75, 3.05) is 32.7 Å². The summed E-state index contributed by atoms with van der Waals surface area (Å²) < 4.78 is 38.5. The average molecular weight is 652 g/mol. The molecular weight excluding hydrogens is 610 g/mol. The fourth-order valence-corrected chi connectivity index (χ4v) is 6.08. The first kappa shape index (κ1) is 35.1. The molecule has 2 aromatic rings. The van der Waals surface area contributed by atoms with Gasteiger partial charge < -0.3 is 20.1 Å². The molecule has 1 aliphatic heterocycles. The average Bonchev–Trinajstić information content (AvgIpc) is 2.90. The minimum Gasteiger partial charge on any atom is -0.443 e. The lowest BCUT2D eigenvalue weighted by Crippen LogP contribution is -2.50. The standard InChI is InChI=1S/C30H42ClN5O7S/c1-29(2,3)42-27(38)33-26(32)36(28(39)43-30(4,5)6)14-8-7-9-25(37)34-15-17-35(18-16-34)44(40,41)24-13-11-21-19-23(31)12-10-22(21)20-24/h10-13,19-20H,7-9,14-18H2,1-6H3,(H2,32,33,38). The number of rotatable bonds is 7. The third kappa shape index (κ3) is 10.1. The van der Waals surface area contributed by atoms with Crippen molar-refractivity contribution in [3.63, 3.8) is 0 Å². The molecule has 44 heavy (non-hydrogen) atoms. The number of amides is 3. The van der Waals surface area contributed by atoms with Crippen molar-refractivity contribution in [3.8, 4) is 0 Å². The Balaban J connectivity index is 1.54. The Bertz CT molecular complexity index is 1510. The molecule has 1 fully saturated rings. The van der Waals surface area contributed by atoms with Gasteiger partial charge in [-0.1, -0.05) is 23.7 Å². The zero-order valence-electron chi connectivity index (χ0n) is 26.1. The molecule has 1 heterocycles. The Kier molecular flexibility index (Phi) is 11.3. The molecule has 0 radical (unpaired) electrons. The molecule has 242 valence electrons. The van der Waals surface area contributed by atoms with Crippen molar-refractivity contribution in [3.05, 3.63) is 41.4 Å². The highest BCUT2D eigenvalue weighted by molar-refractivity contribution is 7.89. The minimum absolute atomic E-state index is 0.0598. The number of halogens is 1. The maximum Gasteiger partial charge on any atom is 0.437 e. The zero-order chi connectivity index (χ0) is 32.9. The van der Waals surface area contributed by atoms with Gasteiger partial charge in [0, 0.05) is 44.2 Å². The van der Waals surface area contributed by atoms with Crippen LogP contribution >= 0.6 is 11.6 Å². The molecule has 3 rings (SSSR count). The van der Waals surface area contributed by atoms with Crippen LogP contribution < -0.4 is 5.73 Å². The van der Waals surface area contributed by atoms with E-state index >= 15 is 0 Å². The number of piperazine rings is 1. The molecule has 0 atom stereocenters. The lowest BCUT2D eigenvalue weighted by molar-refractivity contribution is -0.132. The van der Waals surface area contributed by atoms with Crippen LogP contribution in [0.15, 0.2) is 46.3 Å². The summed E-state index contributed by atoms with van der Waals surface area (Å²) in [6.45, 7) is 11.1. The Morgan fingerprint density at radius 1 is 0.909 bits per heavy atom. The highest BCUT2D eigenvalue weighted by atomic mass is 35.5. The lowest BCUT2D eigenvalue weighted by atomic mass is 10.1. The van der Waals surface area contributed by atoms with Crippen molar-refractivity contribution in [2.45, 2.75) is 76.9 Å². The number of fused-ring (bicyclic) bond motifs is 1. The van der Waals surface area contributed by atoms with Crippen LogP contribution in [0.3, 0.4) is 0 Å². The molecule has 0 aromatic heterocycles. The Labute approximate surface area is 264 Å². The number of aliphatic imine (C=N–C) groups is 1. The molecule has 1 saturated heterocycles. The summed E-state index contributed by atoms with van der Waals surface area (Å²) >= 11 is 6.04. The smallest absolute Gasteiger partial charge is 0.437 e. The first-order valence-corrected chi connectivity index (χ1v) is 16.2. The van der Waals surface area contributed by atoms with Gasteiger partial charge in [0.25, 0.3) is 0 Å². The Morgan fingerprint density at radius 3 is 2.11 bits per heavy atom. The van der Waals surface area contributed by atoms with Crippen LogP contribution in [0.2, 0.25) is 5.02 Å². The van der Waals surface area contributed by atoms with Gasteiger partial charge in [0.2, 0.25) is 21.9 Å². The Morgan fingerprint density at radius 2 is 1.50 bits per heavy atom. The van der Waals surface area contributed by atoms with Gasteiger partial charge in [-0.15, -0.1) is 4.99 Å². The third-order valence-electron chi connectivity index (χ3n) is 6.51. The molecule has 12 nitrogen and oxygen atoms in total. The number of benzene rings is 2. The number of sulfonamides is 1. The van der Waals surface area contributed by atoms with Gasteiger partial charge in [0.15, 0.2) is 0 Å². The van der Waals surface area contributed by atoms with Crippen LogP contribution in [0.5, 0.6) is 0 Å². The van der Waals surface area contributed by atoms with Crippen LogP contribution in [0.25, 0.3) is 10.8 Å². The van der Waals surface area contributed by atoms with Crippen molar-refractivity contribution >= 4 is 56.4 Å². The lowest BCUT2D eigenvalue weighted by Gasteiger charge is -2.34. The quantitative estimate of drug-likeness (QED) is 0.250. The van der Waals surface area contributed by atoms with Gasteiger partial charge in [-0.25, -0.2) is 22.9 Å². The number of carbonyl (C=O) groups is 3. The van der Waals surface area contributed by atoms with Crippen LogP contribution in [-0.2, 0) is 24.3 Å². The van der Waals surface area contributed by atoms with E-state index in [-0.39, 0.29) is 55.9 Å². The number of hydrogen-bond donors (Lipinski definition) is 1. The molecule has 0 unspecified atom stereocenters. The second-order valence-corrected chi connectivity index (χ2v) is 14.9. The van der Waals surface area contributed by atoms with Gasteiger partial charge in [0.1, 0.15) is 11.2 Å². The van der Waals surface area contributed by atoms with Crippen LogP contribution in [0, 0.1) is 0 Å². The number of hydrogen-bond acceptors (Lipinski definition) is 7. The van der Waals surface area contributed by atoms with E-state index in [1.165, 1.54) is 4.31 Å². The molecule has 1 aliphatic rings. The van der Waals surface area contributed by atoms with E-state index in [2.05, 4.69) is 4.99 Å². The fourth-order valence-electron chi connectivity index (χ4n) is 4.44. The Hall–Kier alpha value is -3.42. The number of nitrogens with zero attached hydrogens (tertiary/aromatic N) is 4. The van der Waals surface area contributed by atoms with Crippen molar-refractivity contribution in [1.82, 2.24) is 14.1 Å². The largest absolute Gasteiger partial charge is 0.443 e. The van der Waals surface area contributed by atoms with E-state index in [4.69, 9.17) is 26.8 Å². The summed E-state index contributed by atoms with van der Waals surface area (Å²) in [7, 11) is -3.73. The van der Waals surface area contributed by atoms with E-state index in [0.717, 1.165) is 15.7 Å². The molecular formula is C30H42ClN5O7S. The molecule has 0 bridgehead atoms. The third-order valence-corrected chi connectivity index (χ3v) is 8.64.